The van der Waals surface area contributed by atoms with Gasteiger partial charge in [0.2, 0.25) is 0 Å². The number of fused-ring (bicyclic) bond motifs is 1. The third-order valence-electron chi connectivity index (χ3n) is 5.05. The SMILES string of the molecule is CC(C)(C)c1ccc2cc(C(=O)NCCNc3ccc(S(C)(=O)=O)cc3[N+](=O)[O-])[nH]c2c1. The monoisotopic (exact) mass is 458 g/mol. The molecular formula is C22H26N4O5S. The maximum Gasteiger partial charge on any atom is 0.293 e. The summed E-state index contributed by atoms with van der Waals surface area (Å²) in [6.45, 7) is 6.80. The van der Waals surface area contributed by atoms with E-state index >= 15 is 0 Å². The number of nitrogens with zero attached hydrogens (tertiary/aromatic N) is 1. The van der Waals surface area contributed by atoms with Gasteiger partial charge in [0.15, 0.2) is 9.84 Å². The standard InChI is InChI=1S/C22H26N4O5S/c1-22(2,3)15-6-5-14-11-19(25-18(14)12-15)21(27)24-10-9-23-17-8-7-16(32(4,30)31)13-20(17)26(28)29/h5-8,11-13,23,25H,9-10H2,1-4H3,(H,24,27). The van der Waals surface area contributed by atoms with E-state index in [1.54, 1.807) is 6.07 Å². The summed E-state index contributed by atoms with van der Waals surface area (Å²) >= 11 is 0. The molecule has 0 unspecified atom stereocenters. The highest BCUT2D eigenvalue weighted by molar-refractivity contribution is 7.90. The number of nitro benzene ring substituents is 1. The fourth-order valence-electron chi connectivity index (χ4n) is 3.23. The zero-order valence-corrected chi connectivity index (χ0v) is 19.2. The van der Waals surface area contributed by atoms with E-state index in [1.807, 2.05) is 18.2 Å². The van der Waals surface area contributed by atoms with Crippen molar-refractivity contribution >= 4 is 38.0 Å². The second-order valence-corrected chi connectivity index (χ2v) is 10.6. The normalized spacial score (nSPS) is 12.0. The minimum atomic E-state index is -3.56. The van der Waals surface area contributed by atoms with E-state index in [9.17, 15) is 23.3 Å². The molecule has 0 radical (unpaired) electrons. The lowest BCUT2D eigenvalue weighted by molar-refractivity contribution is -0.384. The molecule has 0 saturated carbocycles. The summed E-state index contributed by atoms with van der Waals surface area (Å²) in [6, 6.07) is 11.5. The highest BCUT2D eigenvalue weighted by Crippen LogP contribution is 2.28. The van der Waals surface area contributed by atoms with Gasteiger partial charge in [-0.15, -0.1) is 0 Å². The van der Waals surface area contributed by atoms with Gasteiger partial charge in [-0.1, -0.05) is 32.9 Å². The number of anilines is 1. The van der Waals surface area contributed by atoms with Crippen molar-refractivity contribution in [3.05, 3.63) is 63.8 Å². The Morgan fingerprint density at radius 1 is 1.09 bits per heavy atom. The molecular weight excluding hydrogens is 432 g/mol. The molecule has 0 aliphatic rings. The van der Waals surface area contributed by atoms with Crippen LogP contribution in [0.3, 0.4) is 0 Å². The zero-order chi connectivity index (χ0) is 23.7. The lowest BCUT2D eigenvalue weighted by Crippen LogP contribution is -2.29. The average Bonchev–Trinajstić information content (AvgIpc) is 3.13. The first kappa shape index (κ1) is 23.3. The largest absolute Gasteiger partial charge is 0.378 e. The first-order valence-electron chi connectivity index (χ1n) is 10.00. The van der Waals surface area contributed by atoms with Crippen LogP contribution >= 0.6 is 0 Å². The average molecular weight is 459 g/mol. The molecule has 1 amide bonds. The molecule has 0 atom stereocenters. The van der Waals surface area contributed by atoms with Gasteiger partial charge in [-0.3, -0.25) is 14.9 Å². The van der Waals surface area contributed by atoms with E-state index < -0.39 is 14.8 Å². The number of carbonyl (C=O) groups excluding carboxylic acids is 1. The molecule has 2 aromatic carbocycles. The molecule has 0 aliphatic heterocycles. The number of hydrogen-bond acceptors (Lipinski definition) is 6. The van der Waals surface area contributed by atoms with E-state index in [0.717, 1.165) is 28.8 Å². The molecule has 1 heterocycles. The van der Waals surface area contributed by atoms with E-state index in [1.165, 1.54) is 12.1 Å². The number of aromatic nitrogens is 1. The van der Waals surface area contributed by atoms with Gasteiger partial charge in [-0.05, 0) is 35.2 Å². The molecule has 3 rings (SSSR count). The number of H-pyrrole nitrogens is 1. The van der Waals surface area contributed by atoms with Crippen LogP contribution in [0.25, 0.3) is 10.9 Å². The second kappa shape index (κ2) is 8.62. The van der Waals surface area contributed by atoms with Gasteiger partial charge >= 0.3 is 0 Å². The predicted molar refractivity (Wildman–Crippen MR) is 124 cm³/mol. The topological polar surface area (TPSA) is 134 Å². The summed E-state index contributed by atoms with van der Waals surface area (Å²) in [5.41, 5.74) is 2.29. The summed E-state index contributed by atoms with van der Waals surface area (Å²) < 4.78 is 23.3. The predicted octanol–water partition coefficient (Wildman–Crippen LogP) is 3.62. The van der Waals surface area contributed by atoms with Crippen molar-refractivity contribution in [1.29, 1.82) is 0 Å². The van der Waals surface area contributed by atoms with Crippen molar-refractivity contribution in [3.8, 4) is 0 Å². The summed E-state index contributed by atoms with van der Waals surface area (Å²) in [5, 5.41) is 17.9. The number of sulfone groups is 1. The number of rotatable bonds is 7. The zero-order valence-electron chi connectivity index (χ0n) is 18.4. The fraction of sp³-hybridized carbons (Fsp3) is 0.318. The number of nitro groups is 1. The van der Waals surface area contributed by atoms with Gasteiger partial charge < -0.3 is 15.6 Å². The summed E-state index contributed by atoms with van der Waals surface area (Å²) in [6.07, 6.45) is 0.989. The Balaban J connectivity index is 1.63. The Labute approximate surface area is 186 Å². The molecule has 0 bridgehead atoms. The van der Waals surface area contributed by atoms with Crippen molar-refractivity contribution in [1.82, 2.24) is 10.3 Å². The van der Waals surface area contributed by atoms with Crippen LogP contribution in [-0.2, 0) is 15.3 Å². The first-order chi connectivity index (χ1) is 14.9. The number of benzene rings is 2. The maximum atomic E-state index is 12.5. The molecule has 32 heavy (non-hydrogen) atoms. The van der Waals surface area contributed by atoms with Crippen molar-refractivity contribution in [2.24, 2.45) is 0 Å². The Morgan fingerprint density at radius 2 is 1.81 bits per heavy atom. The molecule has 0 saturated heterocycles. The van der Waals surface area contributed by atoms with Crippen LogP contribution in [0.1, 0.15) is 36.8 Å². The molecule has 1 aromatic heterocycles. The minimum Gasteiger partial charge on any atom is -0.378 e. The molecule has 0 spiro atoms. The highest BCUT2D eigenvalue weighted by atomic mass is 32.2. The van der Waals surface area contributed by atoms with Gasteiger partial charge in [0.05, 0.1) is 9.82 Å². The minimum absolute atomic E-state index is 0.00444. The summed E-state index contributed by atoms with van der Waals surface area (Å²) in [5.74, 6) is -0.290. The quantitative estimate of drug-likeness (QED) is 0.281. The van der Waals surface area contributed by atoms with Crippen LogP contribution in [0.4, 0.5) is 11.4 Å². The molecule has 3 N–H and O–H groups in total. The van der Waals surface area contributed by atoms with E-state index in [4.69, 9.17) is 0 Å². The van der Waals surface area contributed by atoms with Crippen molar-refractivity contribution < 1.29 is 18.1 Å². The lowest BCUT2D eigenvalue weighted by atomic mass is 9.87. The summed E-state index contributed by atoms with van der Waals surface area (Å²) in [4.78, 5) is 26.1. The third-order valence-corrected chi connectivity index (χ3v) is 6.16. The van der Waals surface area contributed by atoms with Crippen LogP contribution in [0.5, 0.6) is 0 Å². The van der Waals surface area contributed by atoms with E-state index in [0.29, 0.717) is 5.69 Å². The number of nitrogens with one attached hydrogen (secondary N) is 3. The number of hydrogen-bond donors (Lipinski definition) is 3. The van der Waals surface area contributed by atoms with Crippen molar-refractivity contribution in [2.75, 3.05) is 24.7 Å². The van der Waals surface area contributed by atoms with E-state index in [-0.39, 0.29) is 40.7 Å². The Kier molecular flexibility index (Phi) is 6.27. The van der Waals surface area contributed by atoms with Gasteiger partial charge in [0, 0.05) is 36.3 Å². The summed E-state index contributed by atoms with van der Waals surface area (Å²) in [7, 11) is -3.56. The molecule has 9 nitrogen and oxygen atoms in total. The van der Waals surface area contributed by atoms with Gasteiger partial charge in [-0.2, -0.15) is 0 Å². The number of carbonyl (C=O) groups is 1. The maximum absolute atomic E-state index is 12.5. The van der Waals surface area contributed by atoms with Crippen LogP contribution in [0.15, 0.2) is 47.4 Å². The molecule has 3 aromatic rings. The van der Waals surface area contributed by atoms with Crippen molar-refractivity contribution in [2.45, 2.75) is 31.1 Å². The van der Waals surface area contributed by atoms with E-state index in [2.05, 4.69) is 36.4 Å². The molecule has 10 heteroatoms. The number of aromatic amines is 1. The molecule has 0 fully saturated rings. The smallest absolute Gasteiger partial charge is 0.293 e. The second-order valence-electron chi connectivity index (χ2n) is 8.63. The Morgan fingerprint density at radius 3 is 2.44 bits per heavy atom. The highest BCUT2D eigenvalue weighted by Gasteiger charge is 2.19. The van der Waals surface area contributed by atoms with Gasteiger partial charge in [0.1, 0.15) is 11.4 Å². The Bertz CT molecular complexity index is 1290. The molecule has 170 valence electrons. The number of amides is 1. The van der Waals surface area contributed by atoms with Crippen LogP contribution in [-0.4, -0.2) is 43.6 Å². The van der Waals surface area contributed by atoms with Crippen LogP contribution in [0, 0.1) is 10.1 Å². The molecule has 0 aliphatic carbocycles. The fourth-order valence-corrected chi connectivity index (χ4v) is 3.87. The first-order valence-corrected chi connectivity index (χ1v) is 11.9. The van der Waals surface area contributed by atoms with Crippen LogP contribution < -0.4 is 10.6 Å². The third kappa shape index (κ3) is 5.25. The lowest BCUT2D eigenvalue weighted by Gasteiger charge is -2.18. The van der Waals surface area contributed by atoms with Gasteiger partial charge in [-0.25, -0.2) is 8.42 Å². The van der Waals surface area contributed by atoms with Crippen molar-refractivity contribution in [3.63, 3.8) is 0 Å². The van der Waals surface area contributed by atoms with Gasteiger partial charge in [0.25, 0.3) is 11.6 Å². The Hall–Kier alpha value is -3.40. The van der Waals surface area contributed by atoms with Crippen LogP contribution in [0.2, 0.25) is 0 Å².